The van der Waals surface area contributed by atoms with Crippen molar-refractivity contribution in [1.29, 1.82) is 0 Å². The van der Waals surface area contributed by atoms with E-state index in [9.17, 15) is 26.3 Å². The largest absolute Gasteiger partial charge is 0.487 e. The van der Waals surface area contributed by atoms with Crippen LogP contribution in [0.4, 0.5) is 4.39 Å². The summed E-state index contributed by atoms with van der Waals surface area (Å²) in [6.07, 6.45) is 2.03. The van der Waals surface area contributed by atoms with Crippen LogP contribution in [0.5, 0.6) is 5.75 Å². The molecular formula is C27H31FN4O6S2. The third kappa shape index (κ3) is 6.21. The lowest BCUT2D eigenvalue weighted by Crippen LogP contribution is -2.50. The maximum absolute atomic E-state index is 13.7. The van der Waals surface area contributed by atoms with E-state index in [0.717, 1.165) is 4.31 Å². The number of aliphatic hydroxyl groups excluding tert-OH is 1. The van der Waals surface area contributed by atoms with E-state index in [1.54, 1.807) is 20.9 Å². The number of hydrogen-bond donors (Lipinski definition) is 1. The summed E-state index contributed by atoms with van der Waals surface area (Å²) in [5, 5.41) is 9.71. The van der Waals surface area contributed by atoms with Gasteiger partial charge in [-0.05, 0) is 49.4 Å². The van der Waals surface area contributed by atoms with Crippen molar-refractivity contribution in [2.45, 2.75) is 35.9 Å². The molecule has 0 aliphatic carbocycles. The number of fused-ring (bicyclic) bond motifs is 1. The van der Waals surface area contributed by atoms with Gasteiger partial charge in [0.15, 0.2) is 5.03 Å². The third-order valence-electron chi connectivity index (χ3n) is 6.66. The number of aliphatic hydroxyl groups is 1. The number of hydrogen-bond acceptors (Lipinski definition) is 7. The zero-order chi connectivity index (χ0) is 29.2. The normalized spacial score (nSPS) is 20.0. The Morgan fingerprint density at radius 2 is 1.85 bits per heavy atom. The van der Waals surface area contributed by atoms with Gasteiger partial charge in [-0.15, -0.1) is 0 Å². The van der Waals surface area contributed by atoms with Crippen molar-refractivity contribution in [3.05, 3.63) is 71.9 Å². The van der Waals surface area contributed by atoms with Gasteiger partial charge in [-0.25, -0.2) is 26.2 Å². The van der Waals surface area contributed by atoms with E-state index in [2.05, 4.69) is 16.8 Å². The van der Waals surface area contributed by atoms with Crippen molar-refractivity contribution in [1.82, 2.24) is 18.2 Å². The second kappa shape index (κ2) is 11.7. The lowest BCUT2D eigenvalue weighted by molar-refractivity contribution is 0.0904. The SMILES string of the molecule is C[C@H]1CN([C@@H](C)CO)S(=O)(=O)c2ccc(C#Cc3ccc(F)cc3)cc2O[C@H]1CN(C)S(=O)(=O)c1cn(C)cn1. The summed E-state index contributed by atoms with van der Waals surface area (Å²) in [6.45, 7) is 2.87. The van der Waals surface area contributed by atoms with Crippen LogP contribution in [0, 0.1) is 23.6 Å². The number of likely N-dealkylation sites (N-methyl/N-ethyl adjacent to an activating group) is 1. The van der Waals surface area contributed by atoms with Crippen LogP contribution < -0.4 is 4.74 Å². The first kappa shape index (κ1) is 29.7. The van der Waals surface area contributed by atoms with Crippen LogP contribution in [-0.2, 0) is 27.1 Å². The highest BCUT2D eigenvalue weighted by Crippen LogP contribution is 2.34. The molecule has 0 saturated carbocycles. The van der Waals surface area contributed by atoms with E-state index < -0.39 is 44.7 Å². The van der Waals surface area contributed by atoms with Crippen molar-refractivity contribution < 1.29 is 31.1 Å². The van der Waals surface area contributed by atoms with Gasteiger partial charge >= 0.3 is 0 Å². The van der Waals surface area contributed by atoms with Crippen LogP contribution in [0.15, 0.2) is 64.9 Å². The average molecular weight is 591 g/mol. The topological polar surface area (TPSA) is 122 Å². The van der Waals surface area contributed by atoms with Crippen molar-refractivity contribution in [3.8, 4) is 17.6 Å². The van der Waals surface area contributed by atoms with Gasteiger partial charge in [0.05, 0.1) is 19.5 Å². The van der Waals surface area contributed by atoms with Crippen LogP contribution in [0.25, 0.3) is 0 Å². The van der Waals surface area contributed by atoms with Crippen LogP contribution >= 0.6 is 0 Å². The Hall–Kier alpha value is -3.28. The molecule has 2 aromatic carbocycles. The number of benzene rings is 2. The number of aryl methyl sites for hydroxylation is 1. The summed E-state index contributed by atoms with van der Waals surface area (Å²) >= 11 is 0. The fourth-order valence-electron chi connectivity index (χ4n) is 4.23. The Bertz CT molecular complexity index is 1650. The molecule has 10 nitrogen and oxygen atoms in total. The molecule has 0 unspecified atom stereocenters. The minimum atomic E-state index is -4.08. The monoisotopic (exact) mass is 590 g/mol. The first-order chi connectivity index (χ1) is 18.8. The lowest BCUT2D eigenvalue weighted by atomic mass is 10.0. The van der Waals surface area contributed by atoms with Crippen LogP contribution in [0.2, 0.25) is 0 Å². The number of aromatic nitrogens is 2. The zero-order valence-electron chi connectivity index (χ0n) is 22.5. The summed E-state index contributed by atoms with van der Waals surface area (Å²) in [7, 11) is -4.95. The Morgan fingerprint density at radius 1 is 1.20 bits per heavy atom. The van der Waals surface area contributed by atoms with Gasteiger partial charge in [0, 0.05) is 49.9 Å². The molecule has 3 aromatic rings. The third-order valence-corrected chi connectivity index (χ3v) is 10.4. The van der Waals surface area contributed by atoms with Gasteiger partial charge in [0.25, 0.3) is 10.0 Å². The fraction of sp³-hybridized carbons (Fsp3) is 0.370. The summed E-state index contributed by atoms with van der Waals surface area (Å²) in [5.41, 5.74) is 1.01. The van der Waals surface area contributed by atoms with E-state index in [-0.39, 0.29) is 34.6 Å². The first-order valence-corrected chi connectivity index (χ1v) is 15.4. The molecule has 0 bridgehead atoms. The molecule has 2 heterocycles. The smallest absolute Gasteiger partial charge is 0.261 e. The second-order valence-corrected chi connectivity index (χ2v) is 13.7. The van der Waals surface area contributed by atoms with E-state index in [1.165, 1.54) is 70.9 Å². The van der Waals surface area contributed by atoms with Crippen molar-refractivity contribution in [2.75, 3.05) is 26.7 Å². The van der Waals surface area contributed by atoms with Gasteiger partial charge < -0.3 is 14.4 Å². The highest BCUT2D eigenvalue weighted by molar-refractivity contribution is 7.89. The molecule has 1 aliphatic heterocycles. The molecular weight excluding hydrogens is 559 g/mol. The standard InChI is InChI=1S/C27H31FN4O6S2/c1-19-14-32(20(2)17-33)39(34,35)26-12-9-22(6-5-21-7-10-23(28)11-8-21)13-24(26)38-25(19)15-31(4)40(36,37)27-16-30(3)18-29-27/h7-13,16,18-20,25,33H,14-15,17H2,1-4H3/t19-,20-,25-/m0/s1. The highest BCUT2D eigenvalue weighted by Gasteiger charge is 2.39. The van der Waals surface area contributed by atoms with Gasteiger partial charge in [-0.3, -0.25) is 0 Å². The second-order valence-electron chi connectivity index (χ2n) is 9.82. The Labute approximate surface area is 234 Å². The van der Waals surface area contributed by atoms with Crippen molar-refractivity contribution in [3.63, 3.8) is 0 Å². The number of sulfonamides is 2. The molecule has 13 heteroatoms. The van der Waals surface area contributed by atoms with Crippen LogP contribution in [-0.4, -0.2) is 79.0 Å². The quantitative estimate of drug-likeness (QED) is 0.436. The minimum Gasteiger partial charge on any atom is -0.487 e. The molecule has 4 rings (SSSR count). The molecule has 0 fully saturated rings. The summed E-state index contributed by atoms with van der Waals surface area (Å²) in [6, 6.07) is 9.32. The Kier molecular flexibility index (Phi) is 8.67. The molecule has 1 aliphatic rings. The van der Waals surface area contributed by atoms with Crippen LogP contribution in [0.1, 0.15) is 25.0 Å². The number of imidazole rings is 1. The highest BCUT2D eigenvalue weighted by atomic mass is 32.2. The maximum atomic E-state index is 13.7. The number of ether oxygens (including phenoxy) is 1. The number of halogens is 1. The lowest BCUT2D eigenvalue weighted by Gasteiger charge is -2.37. The predicted molar refractivity (Wildman–Crippen MR) is 146 cm³/mol. The Morgan fingerprint density at radius 3 is 2.48 bits per heavy atom. The summed E-state index contributed by atoms with van der Waals surface area (Å²) in [5.74, 6) is 5.01. The molecule has 1 N–H and O–H groups in total. The van der Waals surface area contributed by atoms with Crippen molar-refractivity contribution in [2.24, 2.45) is 13.0 Å². The summed E-state index contributed by atoms with van der Waals surface area (Å²) in [4.78, 5) is 3.84. The molecule has 40 heavy (non-hydrogen) atoms. The van der Waals surface area contributed by atoms with Crippen molar-refractivity contribution >= 4 is 20.0 Å². The molecule has 0 amide bonds. The van der Waals surface area contributed by atoms with E-state index in [0.29, 0.717) is 11.1 Å². The Balaban J connectivity index is 1.74. The molecule has 3 atom stereocenters. The van der Waals surface area contributed by atoms with E-state index in [1.807, 2.05) is 0 Å². The van der Waals surface area contributed by atoms with Gasteiger partial charge in [-0.2, -0.15) is 8.61 Å². The number of rotatable bonds is 6. The molecule has 214 valence electrons. The minimum absolute atomic E-state index is 0.00222. The summed E-state index contributed by atoms with van der Waals surface area (Å²) < 4.78 is 77.0. The van der Waals surface area contributed by atoms with Gasteiger partial charge in [-0.1, -0.05) is 18.8 Å². The van der Waals surface area contributed by atoms with Gasteiger partial charge in [0.2, 0.25) is 10.0 Å². The first-order valence-electron chi connectivity index (χ1n) is 12.5. The predicted octanol–water partition coefficient (Wildman–Crippen LogP) is 2.05. The zero-order valence-corrected chi connectivity index (χ0v) is 24.2. The van der Waals surface area contributed by atoms with E-state index in [4.69, 9.17) is 4.74 Å². The molecule has 0 spiro atoms. The van der Waals surface area contributed by atoms with E-state index >= 15 is 0 Å². The molecule has 0 radical (unpaired) electrons. The molecule has 0 saturated heterocycles. The van der Waals surface area contributed by atoms with Gasteiger partial charge in [0.1, 0.15) is 22.6 Å². The number of nitrogens with zero attached hydrogens (tertiary/aromatic N) is 4. The molecule has 1 aromatic heterocycles. The van der Waals surface area contributed by atoms with Crippen LogP contribution in [0.3, 0.4) is 0 Å². The fourth-order valence-corrected chi connectivity index (χ4v) is 7.20. The average Bonchev–Trinajstić information content (AvgIpc) is 3.36. The maximum Gasteiger partial charge on any atom is 0.261 e.